The fourth-order valence-electron chi connectivity index (χ4n) is 11.4. The minimum Gasteiger partial charge on any atom is -0.466 e. The highest BCUT2D eigenvalue weighted by molar-refractivity contribution is 5.99. The molecule has 0 unspecified atom stereocenters. The van der Waals surface area contributed by atoms with Crippen molar-refractivity contribution >= 4 is 23.5 Å². The zero-order chi connectivity index (χ0) is 20.7. The summed E-state index contributed by atoms with van der Waals surface area (Å²) in [6, 6.07) is 0. The van der Waals surface area contributed by atoms with E-state index in [0.717, 1.165) is 12.8 Å². The Kier molecular flexibility index (Phi) is 3.10. The van der Waals surface area contributed by atoms with Crippen LogP contribution in [0.1, 0.15) is 39.5 Å². The Morgan fingerprint density at radius 2 is 1.17 bits per heavy atom. The zero-order valence-electron chi connectivity index (χ0n) is 17.5. The van der Waals surface area contributed by atoms with Crippen LogP contribution in [0.2, 0.25) is 0 Å². The number of Topliss-reactive ketones (excluding diaryl/α,β-unsaturated/α-hetero) is 2. The maximum atomic E-state index is 13.9. The lowest BCUT2D eigenvalue weighted by atomic mass is 9.43. The van der Waals surface area contributed by atoms with Gasteiger partial charge in [-0.25, -0.2) is 0 Å². The van der Waals surface area contributed by atoms with Gasteiger partial charge in [-0.15, -0.1) is 0 Å². The molecule has 6 heteroatoms. The van der Waals surface area contributed by atoms with Gasteiger partial charge in [0.15, 0.2) is 0 Å². The standard InChI is InChI=1S/C24H28O6/c1-3-29-21(27)23-17-9-5-7-12(26)14(9)20-15(17)16-18(24(20,23)22(28)30-4-2)10-6-8-11(25)13(10)19(16)23/h9-10,13-20H,3-8H2,1-2H3/t9-,10-,13-,14-,15+,16+,17-,18+,19+,20-,23-,24-/m1/s1. The quantitative estimate of drug-likeness (QED) is 0.657. The number of rotatable bonds is 4. The monoisotopic (exact) mass is 412 g/mol. The SMILES string of the molecule is CCOC(=O)[C@]12[C@@H]3[C@H]4C(=O)CC[C@H]4[C@@H]4[C@@H]3[C@H]3[C@@H]1[C@@H]1CCC(=O)[C@@H]1[C@@H]3[C@@]42C(=O)OCC. The highest BCUT2D eigenvalue weighted by Gasteiger charge is 3.01. The molecular weight excluding hydrogens is 384 g/mol. The van der Waals surface area contributed by atoms with Crippen molar-refractivity contribution < 1.29 is 28.7 Å². The molecule has 8 rings (SSSR count). The van der Waals surface area contributed by atoms with Gasteiger partial charge in [0, 0.05) is 24.7 Å². The molecule has 0 amide bonds. The topological polar surface area (TPSA) is 86.7 Å². The maximum Gasteiger partial charge on any atom is 0.313 e. The third kappa shape index (κ3) is 1.36. The smallest absolute Gasteiger partial charge is 0.313 e. The van der Waals surface area contributed by atoms with Gasteiger partial charge in [0.05, 0.1) is 24.0 Å². The lowest BCUT2D eigenvalue weighted by Gasteiger charge is -2.57. The number of esters is 2. The first kappa shape index (κ1) is 17.9. The number of hydrogen-bond donors (Lipinski definition) is 0. The second-order valence-electron chi connectivity index (χ2n) is 10.8. The second-order valence-corrected chi connectivity index (χ2v) is 10.8. The second kappa shape index (κ2) is 5.18. The number of carbonyl (C=O) groups is 4. The molecule has 0 aromatic carbocycles. The molecule has 12 atom stereocenters. The molecule has 0 saturated heterocycles. The minimum atomic E-state index is -0.952. The van der Waals surface area contributed by atoms with Crippen molar-refractivity contribution in [3.63, 3.8) is 0 Å². The molecule has 8 aliphatic carbocycles. The Balaban J connectivity index is 1.51. The molecular formula is C24H28O6. The summed E-state index contributed by atoms with van der Waals surface area (Å²) >= 11 is 0. The van der Waals surface area contributed by atoms with E-state index in [4.69, 9.17) is 9.47 Å². The van der Waals surface area contributed by atoms with Crippen molar-refractivity contribution in [1.82, 2.24) is 0 Å². The van der Waals surface area contributed by atoms with Crippen LogP contribution in [0.4, 0.5) is 0 Å². The first-order valence-corrected chi connectivity index (χ1v) is 11.9. The molecule has 8 bridgehead atoms. The molecule has 0 spiro atoms. The van der Waals surface area contributed by atoms with Gasteiger partial charge in [0.25, 0.3) is 0 Å². The average Bonchev–Trinajstić information content (AvgIpc) is 3.51. The minimum absolute atomic E-state index is 0.00278. The van der Waals surface area contributed by atoms with E-state index in [-0.39, 0.29) is 95.9 Å². The fourth-order valence-corrected chi connectivity index (χ4v) is 11.4. The lowest BCUT2D eigenvalue weighted by molar-refractivity contribution is -0.211. The van der Waals surface area contributed by atoms with E-state index in [0.29, 0.717) is 12.8 Å². The van der Waals surface area contributed by atoms with Crippen molar-refractivity contribution in [2.24, 2.45) is 70.0 Å². The molecule has 30 heavy (non-hydrogen) atoms. The van der Waals surface area contributed by atoms with Gasteiger partial charge < -0.3 is 9.47 Å². The first-order valence-electron chi connectivity index (χ1n) is 11.9. The predicted octanol–water partition coefficient (Wildman–Crippen LogP) is 2.04. The van der Waals surface area contributed by atoms with Gasteiger partial charge in [-0.2, -0.15) is 0 Å². The summed E-state index contributed by atoms with van der Waals surface area (Å²) in [6.45, 7) is 4.13. The first-order chi connectivity index (χ1) is 14.5. The van der Waals surface area contributed by atoms with Gasteiger partial charge in [-0.3, -0.25) is 19.2 Å². The summed E-state index contributed by atoms with van der Waals surface area (Å²) in [5.41, 5.74) is -1.90. The van der Waals surface area contributed by atoms with E-state index in [1.807, 2.05) is 0 Å². The Hall–Kier alpha value is -1.72. The summed E-state index contributed by atoms with van der Waals surface area (Å²) in [5.74, 6) is 0.363. The summed E-state index contributed by atoms with van der Waals surface area (Å²) in [6.07, 6.45) is 2.73. The average molecular weight is 412 g/mol. The molecule has 6 nitrogen and oxygen atoms in total. The van der Waals surface area contributed by atoms with Crippen molar-refractivity contribution in [2.75, 3.05) is 13.2 Å². The number of hydrogen-bond acceptors (Lipinski definition) is 6. The van der Waals surface area contributed by atoms with Crippen LogP contribution in [0.3, 0.4) is 0 Å². The predicted molar refractivity (Wildman–Crippen MR) is 102 cm³/mol. The van der Waals surface area contributed by atoms with Crippen LogP contribution in [0.15, 0.2) is 0 Å². The molecule has 0 heterocycles. The molecule has 0 aromatic heterocycles. The van der Waals surface area contributed by atoms with E-state index >= 15 is 0 Å². The van der Waals surface area contributed by atoms with Crippen LogP contribution in [0.5, 0.6) is 0 Å². The third-order valence-electron chi connectivity index (χ3n) is 10.9. The van der Waals surface area contributed by atoms with Gasteiger partial charge in [-0.1, -0.05) is 0 Å². The maximum absolute atomic E-state index is 13.9. The zero-order valence-corrected chi connectivity index (χ0v) is 17.5. The molecule has 8 aliphatic rings. The summed E-state index contributed by atoms with van der Waals surface area (Å²) < 4.78 is 11.4. The highest BCUT2D eigenvalue weighted by Crippen LogP contribution is 2.97. The van der Waals surface area contributed by atoms with Crippen molar-refractivity contribution in [3.05, 3.63) is 0 Å². The van der Waals surface area contributed by atoms with Crippen LogP contribution in [0.25, 0.3) is 0 Å². The lowest BCUT2D eigenvalue weighted by Crippen LogP contribution is -2.66. The Morgan fingerprint density at radius 1 is 0.767 bits per heavy atom. The van der Waals surface area contributed by atoms with Crippen LogP contribution in [-0.4, -0.2) is 36.7 Å². The summed E-state index contributed by atoms with van der Waals surface area (Å²) in [7, 11) is 0. The molecule has 0 N–H and O–H groups in total. The number of ketones is 2. The van der Waals surface area contributed by atoms with E-state index < -0.39 is 10.8 Å². The third-order valence-corrected chi connectivity index (χ3v) is 10.9. The van der Waals surface area contributed by atoms with Crippen LogP contribution >= 0.6 is 0 Å². The van der Waals surface area contributed by atoms with Crippen LogP contribution < -0.4 is 0 Å². The van der Waals surface area contributed by atoms with Crippen molar-refractivity contribution in [3.8, 4) is 0 Å². The fraction of sp³-hybridized carbons (Fsp3) is 0.833. The van der Waals surface area contributed by atoms with Crippen LogP contribution in [0, 0.1) is 70.0 Å². The van der Waals surface area contributed by atoms with Gasteiger partial charge >= 0.3 is 11.9 Å². The Bertz CT molecular complexity index is 851. The Labute approximate surface area is 175 Å². The molecule has 8 fully saturated rings. The molecule has 0 aromatic rings. The van der Waals surface area contributed by atoms with Gasteiger partial charge in [0.2, 0.25) is 0 Å². The Morgan fingerprint density at radius 3 is 1.53 bits per heavy atom. The molecule has 0 aliphatic heterocycles. The van der Waals surface area contributed by atoms with Gasteiger partial charge in [-0.05, 0) is 74.0 Å². The van der Waals surface area contributed by atoms with E-state index in [2.05, 4.69) is 0 Å². The molecule has 8 saturated carbocycles. The van der Waals surface area contributed by atoms with E-state index in [9.17, 15) is 19.2 Å². The van der Waals surface area contributed by atoms with E-state index in [1.165, 1.54) is 0 Å². The number of ether oxygens (including phenoxy) is 2. The largest absolute Gasteiger partial charge is 0.466 e. The van der Waals surface area contributed by atoms with E-state index in [1.54, 1.807) is 13.8 Å². The summed E-state index contributed by atoms with van der Waals surface area (Å²) in [4.78, 5) is 53.7. The number of fused-ring (bicyclic) bond motifs is 2. The molecule has 160 valence electrons. The molecule has 0 radical (unpaired) electrons. The highest BCUT2D eigenvalue weighted by atomic mass is 16.5. The summed E-state index contributed by atoms with van der Waals surface area (Å²) in [5, 5.41) is 0. The van der Waals surface area contributed by atoms with Crippen LogP contribution in [-0.2, 0) is 28.7 Å². The van der Waals surface area contributed by atoms with Crippen molar-refractivity contribution in [1.29, 1.82) is 0 Å². The van der Waals surface area contributed by atoms with Crippen molar-refractivity contribution in [2.45, 2.75) is 39.5 Å². The normalized spacial score (nSPS) is 57.4. The number of carbonyl (C=O) groups excluding carboxylic acids is 4. The van der Waals surface area contributed by atoms with Gasteiger partial charge in [0.1, 0.15) is 11.6 Å².